The van der Waals surface area contributed by atoms with Crippen LogP contribution in [0.25, 0.3) is 0 Å². The summed E-state index contributed by atoms with van der Waals surface area (Å²) in [5.74, 6) is 1.05. The van der Waals surface area contributed by atoms with Crippen molar-refractivity contribution in [3.8, 4) is 0 Å². The van der Waals surface area contributed by atoms with Crippen molar-refractivity contribution in [1.82, 2.24) is 4.90 Å². The molecule has 1 heterocycles. The van der Waals surface area contributed by atoms with Gasteiger partial charge in [0.1, 0.15) is 5.84 Å². The van der Waals surface area contributed by atoms with Gasteiger partial charge in [0.2, 0.25) is 0 Å². The number of hydrogen-bond acceptors (Lipinski definition) is 2. The van der Waals surface area contributed by atoms with Gasteiger partial charge in [-0.15, -0.1) is 0 Å². The van der Waals surface area contributed by atoms with Crippen molar-refractivity contribution < 1.29 is 0 Å². The van der Waals surface area contributed by atoms with Crippen molar-refractivity contribution in [3.63, 3.8) is 0 Å². The Morgan fingerprint density at radius 3 is 2.43 bits per heavy atom. The number of benzene rings is 2. The highest BCUT2D eigenvalue weighted by atomic mass is 15.2. The second kappa shape index (κ2) is 4.73. The third-order valence-corrected chi connectivity index (χ3v) is 4.78. The number of para-hydroxylation sites is 1. The van der Waals surface area contributed by atoms with Crippen LogP contribution in [-0.4, -0.2) is 17.8 Å². The molecule has 0 fully saturated rings. The van der Waals surface area contributed by atoms with E-state index in [1.54, 1.807) is 0 Å². The number of hydrogen-bond donors (Lipinski definition) is 0. The van der Waals surface area contributed by atoms with Gasteiger partial charge in [-0.2, -0.15) is 0 Å². The Kier molecular flexibility index (Phi) is 3.12. The van der Waals surface area contributed by atoms with Crippen LogP contribution in [0.2, 0.25) is 0 Å². The minimum Gasteiger partial charge on any atom is -0.350 e. The maximum Gasteiger partial charge on any atom is 0.102 e. The van der Waals surface area contributed by atoms with Gasteiger partial charge in [0.15, 0.2) is 0 Å². The average Bonchev–Trinajstić information content (AvgIpc) is 2.47. The number of aliphatic imine (C=N–C) groups is 1. The fourth-order valence-corrected chi connectivity index (χ4v) is 3.32. The molecule has 1 aliphatic rings. The Morgan fingerprint density at radius 1 is 0.952 bits per heavy atom. The molecule has 0 amide bonds. The largest absolute Gasteiger partial charge is 0.350 e. The third kappa shape index (κ3) is 1.98. The first-order valence-electron chi connectivity index (χ1n) is 7.41. The molecular weight excluding hydrogens is 256 g/mol. The average molecular weight is 278 g/mol. The van der Waals surface area contributed by atoms with E-state index in [9.17, 15) is 0 Å². The molecule has 3 rings (SSSR count). The number of amidine groups is 1. The number of rotatable bonds is 1. The molecule has 0 spiro atoms. The maximum atomic E-state index is 4.74. The predicted octanol–water partition coefficient (Wildman–Crippen LogP) is 4.56. The normalized spacial score (nSPS) is 21.0. The highest BCUT2D eigenvalue weighted by Crippen LogP contribution is 2.44. The van der Waals surface area contributed by atoms with Crippen LogP contribution in [0.15, 0.2) is 47.5 Å². The topological polar surface area (TPSA) is 15.6 Å². The highest BCUT2D eigenvalue weighted by Gasteiger charge is 2.39. The van der Waals surface area contributed by atoms with Crippen molar-refractivity contribution >= 4 is 11.5 Å². The Labute approximate surface area is 127 Å². The Morgan fingerprint density at radius 2 is 1.67 bits per heavy atom. The summed E-state index contributed by atoms with van der Waals surface area (Å²) < 4.78 is 0. The van der Waals surface area contributed by atoms with E-state index in [0.717, 1.165) is 11.5 Å². The lowest BCUT2D eigenvalue weighted by Crippen LogP contribution is -2.47. The van der Waals surface area contributed by atoms with Crippen LogP contribution in [0.5, 0.6) is 0 Å². The zero-order chi connectivity index (χ0) is 15.2. The molecule has 21 heavy (non-hydrogen) atoms. The van der Waals surface area contributed by atoms with E-state index in [-0.39, 0.29) is 5.54 Å². The Balaban J connectivity index is 2.33. The highest BCUT2D eigenvalue weighted by molar-refractivity contribution is 5.87. The van der Waals surface area contributed by atoms with E-state index >= 15 is 0 Å². The maximum absolute atomic E-state index is 4.74. The number of nitrogens with zero attached hydrogens (tertiary/aromatic N) is 2. The summed E-state index contributed by atoms with van der Waals surface area (Å²) in [5.41, 5.74) is 6.13. The van der Waals surface area contributed by atoms with Gasteiger partial charge in [-0.05, 0) is 44.9 Å². The second-order valence-corrected chi connectivity index (χ2v) is 6.13. The van der Waals surface area contributed by atoms with Gasteiger partial charge in [0.05, 0.1) is 11.2 Å². The molecule has 0 saturated heterocycles. The molecule has 1 atom stereocenters. The summed E-state index contributed by atoms with van der Waals surface area (Å²) in [6, 6.07) is 15.2. The summed E-state index contributed by atoms with van der Waals surface area (Å²) >= 11 is 0. The zero-order valence-electron chi connectivity index (χ0n) is 13.4. The first-order chi connectivity index (χ1) is 9.94. The lowest BCUT2D eigenvalue weighted by atomic mass is 9.78. The summed E-state index contributed by atoms with van der Waals surface area (Å²) in [5, 5.41) is 0. The molecule has 1 unspecified atom stereocenters. The molecule has 2 heteroatoms. The molecule has 0 N–H and O–H groups in total. The van der Waals surface area contributed by atoms with Crippen molar-refractivity contribution in [1.29, 1.82) is 0 Å². The number of fused-ring (bicyclic) bond motifs is 1. The lowest BCUT2D eigenvalue weighted by Gasteiger charge is -2.45. The summed E-state index contributed by atoms with van der Waals surface area (Å²) in [7, 11) is 2.14. The lowest BCUT2D eigenvalue weighted by molar-refractivity contribution is 0.280. The van der Waals surface area contributed by atoms with E-state index in [0.29, 0.717) is 0 Å². The zero-order valence-corrected chi connectivity index (χ0v) is 13.4. The standard InChI is InChI=1S/C19H22N2/c1-13-10-11-14(2)17(12-13)19(4)16-8-6-7-9-18(16)20-15(3)21(19)5/h6-12H,1-5H3. The second-order valence-electron chi connectivity index (χ2n) is 6.13. The van der Waals surface area contributed by atoms with Crippen molar-refractivity contribution in [2.45, 2.75) is 33.2 Å². The molecule has 1 aliphatic heterocycles. The van der Waals surface area contributed by atoms with Crippen molar-refractivity contribution in [2.24, 2.45) is 4.99 Å². The molecule has 0 bridgehead atoms. The van der Waals surface area contributed by atoms with Crippen LogP contribution in [0, 0.1) is 13.8 Å². The fraction of sp³-hybridized carbons (Fsp3) is 0.316. The molecule has 0 aromatic heterocycles. The van der Waals surface area contributed by atoms with Gasteiger partial charge in [0.25, 0.3) is 0 Å². The fourth-order valence-electron chi connectivity index (χ4n) is 3.32. The van der Waals surface area contributed by atoms with Crippen LogP contribution >= 0.6 is 0 Å². The van der Waals surface area contributed by atoms with E-state index in [2.05, 4.69) is 82.1 Å². The van der Waals surface area contributed by atoms with E-state index in [1.165, 1.54) is 22.3 Å². The van der Waals surface area contributed by atoms with Gasteiger partial charge in [-0.1, -0.05) is 42.0 Å². The molecule has 0 radical (unpaired) electrons. The van der Waals surface area contributed by atoms with Crippen LogP contribution < -0.4 is 0 Å². The third-order valence-electron chi connectivity index (χ3n) is 4.78. The Bertz CT molecular complexity index is 730. The van der Waals surface area contributed by atoms with Crippen molar-refractivity contribution in [3.05, 3.63) is 64.7 Å². The summed E-state index contributed by atoms with van der Waals surface area (Å²) in [4.78, 5) is 7.03. The van der Waals surface area contributed by atoms with Crippen LogP contribution in [-0.2, 0) is 5.54 Å². The molecule has 2 aromatic rings. The van der Waals surface area contributed by atoms with Crippen LogP contribution in [0.1, 0.15) is 36.1 Å². The van der Waals surface area contributed by atoms with Gasteiger partial charge in [-0.25, -0.2) is 4.99 Å². The van der Waals surface area contributed by atoms with Gasteiger partial charge >= 0.3 is 0 Å². The monoisotopic (exact) mass is 278 g/mol. The SMILES string of the molecule is CC1=Nc2ccccc2C(C)(c2cc(C)ccc2C)N1C. The van der Waals surface area contributed by atoms with Crippen LogP contribution in [0.4, 0.5) is 5.69 Å². The summed E-state index contributed by atoms with van der Waals surface area (Å²) in [6.45, 7) is 8.73. The quantitative estimate of drug-likeness (QED) is 0.746. The number of aryl methyl sites for hydroxylation is 2. The van der Waals surface area contributed by atoms with E-state index in [1.807, 2.05) is 0 Å². The van der Waals surface area contributed by atoms with Crippen LogP contribution in [0.3, 0.4) is 0 Å². The summed E-state index contributed by atoms with van der Waals surface area (Å²) in [6.07, 6.45) is 0. The van der Waals surface area contributed by atoms with Gasteiger partial charge in [-0.3, -0.25) is 0 Å². The molecule has 0 aliphatic carbocycles. The minimum atomic E-state index is -0.182. The Hall–Kier alpha value is -2.09. The van der Waals surface area contributed by atoms with E-state index < -0.39 is 0 Å². The first-order valence-corrected chi connectivity index (χ1v) is 7.41. The van der Waals surface area contributed by atoms with Gasteiger partial charge < -0.3 is 4.90 Å². The molecule has 108 valence electrons. The predicted molar refractivity (Wildman–Crippen MR) is 89.3 cm³/mol. The molecular formula is C19H22N2. The smallest absolute Gasteiger partial charge is 0.102 e. The molecule has 2 nitrogen and oxygen atoms in total. The first kappa shape index (κ1) is 13.9. The minimum absolute atomic E-state index is 0.182. The van der Waals surface area contributed by atoms with Gasteiger partial charge in [0, 0.05) is 12.6 Å². The molecule has 2 aromatic carbocycles. The van der Waals surface area contributed by atoms with Crippen molar-refractivity contribution in [2.75, 3.05) is 7.05 Å². The van der Waals surface area contributed by atoms with E-state index in [4.69, 9.17) is 4.99 Å². The molecule has 0 saturated carbocycles.